The summed E-state index contributed by atoms with van der Waals surface area (Å²) >= 11 is 0. The Hall–Kier alpha value is -1.10. The average molecular weight is 319 g/mol. The van der Waals surface area contributed by atoms with E-state index in [4.69, 9.17) is 4.74 Å². The molecule has 23 heavy (non-hydrogen) atoms. The summed E-state index contributed by atoms with van der Waals surface area (Å²) in [6, 6.07) is 6.71. The van der Waals surface area contributed by atoms with Crippen molar-refractivity contribution in [3.63, 3.8) is 0 Å². The van der Waals surface area contributed by atoms with Gasteiger partial charge in [-0.15, -0.1) is 0 Å². The molecule has 0 spiro atoms. The lowest BCUT2D eigenvalue weighted by Gasteiger charge is -2.27. The summed E-state index contributed by atoms with van der Waals surface area (Å²) in [5.74, 6) is 1.04. The molecule has 4 nitrogen and oxygen atoms in total. The van der Waals surface area contributed by atoms with Crippen LogP contribution < -0.4 is 10.1 Å². The van der Waals surface area contributed by atoms with E-state index >= 15 is 0 Å². The zero-order chi connectivity index (χ0) is 16.5. The first-order valence-corrected chi connectivity index (χ1v) is 8.92. The highest BCUT2D eigenvalue weighted by molar-refractivity contribution is 5.37. The zero-order valence-electron chi connectivity index (χ0n) is 15.1. The molecule has 4 heteroatoms. The van der Waals surface area contributed by atoms with Crippen molar-refractivity contribution in [2.45, 2.75) is 25.7 Å². The molecule has 1 aliphatic rings. The van der Waals surface area contributed by atoms with Gasteiger partial charge in [-0.3, -0.25) is 0 Å². The molecule has 0 amide bonds. The Morgan fingerprint density at radius 1 is 1.13 bits per heavy atom. The predicted molar refractivity (Wildman–Crippen MR) is 97.5 cm³/mol. The normalized spacial score (nSPS) is 16.0. The third-order valence-corrected chi connectivity index (χ3v) is 4.55. The van der Waals surface area contributed by atoms with Gasteiger partial charge in [-0.25, -0.2) is 0 Å². The number of methoxy groups -OCH3 is 1. The van der Waals surface area contributed by atoms with Crippen LogP contribution in [0.3, 0.4) is 0 Å². The van der Waals surface area contributed by atoms with E-state index in [0.717, 1.165) is 38.2 Å². The quantitative estimate of drug-likeness (QED) is 0.754. The average Bonchev–Trinajstić information content (AvgIpc) is 2.56. The maximum absolute atomic E-state index is 5.55. The van der Waals surface area contributed by atoms with Gasteiger partial charge >= 0.3 is 0 Å². The van der Waals surface area contributed by atoms with Gasteiger partial charge in [0.15, 0.2) is 0 Å². The molecular formula is C19H33N3O. The number of rotatable bonds is 9. The molecule has 0 aliphatic carbocycles. The molecule has 1 aromatic carbocycles. The van der Waals surface area contributed by atoms with Gasteiger partial charge in [-0.2, -0.15) is 0 Å². The maximum atomic E-state index is 5.55. The third kappa shape index (κ3) is 6.50. The molecule has 1 saturated heterocycles. The van der Waals surface area contributed by atoms with E-state index in [-0.39, 0.29) is 0 Å². The molecule has 0 aromatic heterocycles. The molecule has 1 heterocycles. The summed E-state index contributed by atoms with van der Waals surface area (Å²) in [7, 11) is 6.05. The number of aryl methyl sites for hydroxylation is 2. The van der Waals surface area contributed by atoms with Crippen LogP contribution in [-0.2, 0) is 12.8 Å². The smallest absolute Gasteiger partial charge is 0.122 e. The number of hydrogen-bond acceptors (Lipinski definition) is 4. The van der Waals surface area contributed by atoms with E-state index in [1.165, 1.54) is 43.6 Å². The third-order valence-electron chi connectivity index (χ3n) is 4.55. The highest BCUT2D eigenvalue weighted by Crippen LogP contribution is 2.22. The van der Waals surface area contributed by atoms with Crippen LogP contribution in [0.25, 0.3) is 0 Å². The predicted octanol–water partition coefficient (Wildman–Crippen LogP) is 2.03. The minimum absolute atomic E-state index is 1.04. The lowest BCUT2D eigenvalue weighted by molar-refractivity contribution is 0.238. The Balaban J connectivity index is 1.84. The van der Waals surface area contributed by atoms with Crippen molar-refractivity contribution in [2.75, 3.05) is 60.5 Å². The van der Waals surface area contributed by atoms with Crippen LogP contribution in [0.1, 0.15) is 24.0 Å². The second kappa shape index (κ2) is 9.91. The molecule has 0 atom stereocenters. The SMILES string of the molecule is COc1ccc(CCCN(C)C)cc1CCCN1CCNCC1. The largest absolute Gasteiger partial charge is 0.496 e. The van der Waals surface area contributed by atoms with Crippen LogP contribution in [-0.4, -0.2) is 70.3 Å². The van der Waals surface area contributed by atoms with Gasteiger partial charge in [-0.1, -0.05) is 12.1 Å². The summed E-state index contributed by atoms with van der Waals surface area (Å²) in [5, 5.41) is 3.41. The van der Waals surface area contributed by atoms with E-state index < -0.39 is 0 Å². The van der Waals surface area contributed by atoms with Crippen LogP contribution in [0.15, 0.2) is 18.2 Å². The Morgan fingerprint density at radius 3 is 2.61 bits per heavy atom. The molecule has 1 N–H and O–H groups in total. The summed E-state index contributed by atoms with van der Waals surface area (Å²) in [5.41, 5.74) is 2.80. The zero-order valence-corrected chi connectivity index (χ0v) is 15.1. The van der Waals surface area contributed by atoms with E-state index in [2.05, 4.69) is 47.4 Å². The monoisotopic (exact) mass is 319 g/mol. The Labute approximate surface area is 141 Å². The van der Waals surface area contributed by atoms with E-state index in [1.807, 2.05) is 0 Å². The number of nitrogens with one attached hydrogen (secondary N) is 1. The fraction of sp³-hybridized carbons (Fsp3) is 0.684. The number of piperazine rings is 1. The van der Waals surface area contributed by atoms with Crippen molar-refractivity contribution in [1.29, 1.82) is 0 Å². The van der Waals surface area contributed by atoms with Crippen molar-refractivity contribution < 1.29 is 4.74 Å². The second-order valence-corrected chi connectivity index (χ2v) is 6.75. The van der Waals surface area contributed by atoms with E-state index in [9.17, 15) is 0 Å². The molecule has 0 radical (unpaired) electrons. The fourth-order valence-corrected chi connectivity index (χ4v) is 3.21. The van der Waals surface area contributed by atoms with Gasteiger partial charge in [0.1, 0.15) is 5.75 Å². The molecule has 2 rings (SSSR count). The molecule has 130 valence electrons. The minimum atomic E-state index is 1.04. The summed E-state index contributed by atoms with van der Waals surface area (Å²) in [4.78, 5) is 4.81. The highest BCUT2D eigenvalue weighted by atomic mass is 16.5. The summed E-state index contributed by atoms with van der Waals surface area (Å²) < 4.78 is 5.55. The van der Waals surface area contributed by atoms with Crippen molar-refractivity contribution in [2.24, 2.45) is 0 Å². The number of nitrogens with zero attached hydrogens (tertiary/aromatic N) is 2. The van der Waals surface area contributed by atoms with Crippen LogP contribution in [0.2, 0.25) is 0 Å². The van der Waals surface area contributed by atoms with Crippen molar-refractivity contribution >= 4 is 0 Å². The number of hydrogen-bond donors (Lipinski definition) is 1. The Bertz CT molecular complexity index is 456. The first kappa shape index (κ1) is 18.2. The van der Waals surface area contributed by atoms with Gasteiger partial charge in [0.2, 0.25) is 0 Å². The maximum Gasteiger partial charge on any atom is 0.122 e. The van der Waals surface area contributed by atoms with Crippen molar-refractivity contribution in [3.05, 3.63) is 29.3 Å². The first-order valence-electron chi connectivity index (χ1n) is 8.92. The molecule has 0 unspecified atom stereocenters. The van der Waals surface area contributed by atoms with Crippen molar-refractivity contribution in [3.8, 4) is 5.75 Å². The van der Waals surface area contributed by atoms with Gasteiger partial charge in [0.05, 0.1) is 7.11 Å². The molecule has 1 aromatic rings. The molecule has 1 fully saturated rings. The minimum Gasteiger partial charge on any atom is -0.496 e. The van der Waals surface area contributed by atoms with Crippen molar-refractivity contribution in [1.82, 2.24) is 15.1 Å². The first-order chi connectivity index (χ1) is 11.2. The van der Waals surface area contributed by atoms with E-state index in [1.54, 1.807) is 7.11 Å². The Kier molecular flexibility index (Phi) is 7.86. The van der Waals surface area contributed by atoms with E-state index in [0.29, 0.717) is 0 Å². The molecule has 1 aliphatic heterocycles. The summed E-state index contributed by atoms with van der Waals surface area (Å²) in [6.45, 7) is 6.96. The molecule has 0 saturated carbocycles. The number of benzene rings is 1. The van der Waals surface area contributed by atoms with Gasteiger partial charge in [0, 0.05) is 26.2 Å². The second-order valence-electron chi connectivity index (χ2n) is 6.75. The lowest BCUT2D eigenvalue weighted by atomic mass is 10.0. The summed E-state index contributed by atoms with van der Waals surface area (Å²) in [6.07, 6.45) is 4.67. The molecule has 0 bridgehead atoms. The van der Waals surface area contributed by atoms with Gasteiger partial charge in [-0.05, 0) is 70.1 Å². The standard InChI is InChI=1S/C19H33N3O/c1-21(2)12-4-6-17-8-9-19(23-3)18(16-17)7-5-13-22-14-10-20-11-15-22/h8-9,16,20H,4-7,10-15H2,1-3H3. The van der Waals surface area contributed by atoms with Crippen LogP contribution in [0.4, 0.5) is 0 Å². The van der Waals surface area contributed by atoms with Gasteiger partial charge in [0.25, 0.3) is 0 Å². The van der Waals surface area contributed by atoms with Crippen LogP contribution >= 0.6 is 0 Å². The van der Waals surface area contributed by atoms with Crippen LogP contribution in [0.5, 0.6) is 5.75 Å². The topological polar surface area (TPSA) is 27.7 Å². The number of ether oxygens (including phenoxy) is 1. The molecular weight excluding hydrogens is 286 g/mol. The highest BCUT2D eigenvalue weighted by Gasteiger charge is 2.10. The Morgan fingerprint density at radius 2 is 1.91 bits per heavy atom. The van der Waals surface area contributed by atoms with Gasteiger partial charge < -0.3 is 19.9 Å². The van der Waals surface area contributed by atoms with Crippen LogP contribution in [0, 0.1) is 0 Å². The fourth-order valence-electron chi connectivity index (χ4n) is 3.21. The lowest BCUT2D eigenvalue weighted by Crippen LogP contribution is -2.43.